The number of aliphatic hydroxyl groups is 1. The van der Waals surface area contributed by atoms with Crippen molar-refractivity contribution in [2.75, 3.05) is 6.61 Å². The first-order chi connectivity index (χ1) is 9.39. The molecule has 1 amide bonds. The van der Waals surface area contributed by atoms with Crippen molar-refractivity contribution < 1.29 is 23.1 Å². The third-order valence-corrected chi connectivity index (χ3v) is 3.01. The molecule has 106 valence electrons. The van der Waals surface area contributed by atoms with E-state index in [2.05, 4.69) is 16.8 Å². The number of amides is 1. The lowest BCUT2D eigenvalue weighted by Gasteiger charge is -2.20. The van der Waals surface area contributed by atoms with Crippen molar-refractivity contribution in [3.05, 3.63) is 29.6 Å². The molecule has 4 nitrogen and oxygen atoms in total. The Morgan fingerprint density at radius 2 is 2.20 bits per heavy atom. The fraction of sp³-hybridized carbons (Fsp3) is 0.385. The molecular formula is C13H11F3N2O2. The van der Waals surface area contributed by atoms with Crippen LogP contribution in [0.4, 0.5) is 13.2 Å². The highest BCUT2D eigenvalue weighted by Crippen LogP contribution is 2.49. The van der Waals surface area contributed by atoms with Crippen LogP contribution in [0.3, 0.4) is 0 Å². The molecule has 1 aliphatic rings. The van der Waals surface area contributed by atoms with E-state index in [1.807, 2.05) is 5.32 Å². The molecular weight excluding hydrogens is 273 g/mol. The fourth-order valence-electron chi connectivity index (χ4n) is 1.72. The maximum Gasteiger partial charge on any atom is 0.411 e. The summed E-state index contributed by atoms with van der Waals surface area (Å²) in [6.07, 6.45) is -2.14. The average Bonchev–Trinajstić information content (AvgIpc) is 3.17. The SMILES string of the molecule is O=C(NC1(C(F)(F)F)CC1)c1ccncc1C#CCO. The molecule has 0 atom stereocenters. The molecule has 0 aromatic carbocycles. The standard InChI is InChI=1S/C13H11F3N2O2/c14-13(15,16)12(4-5-12)18-11(20)10-3-6-17-8-9(10)2-1-7-19/h3,6,8,19H,4-5,7H2,(H,18,20). The predicted molar refractivity (Wildman–Crippen MR) is 63.7 cm³/mol. The Kier molecular flexibility index (Phi) is 3.68. The Bertz CT molecular complexity index is 583. The molecule has 1 saturated carbocycles. The molecule has 1 aromatic heterocycles. The van der Waals surface area contributed by atoms with E-state index in [9.17, 15) is 18.0 Å². The molecule has 1 heterocycles. The average molecular weight is 284 g/mol. The first kappa shape index (κ1) is 14.3. The quantitative estimate of drug-likeness (QED) is 0.803. The summed E-state index contributed by atoms with van der Waals surface area (Å²) in [5, 5.41) is 10.6. The molecule has 2 N–H and O–H groups in total. The van der Waals surface area contributed by atoms with E-state index in [1.165, 1.54) is 18.5 Å². The van der Waals surface area contributed by atoms with Gasteiger partial charge in [-0.1, -0.05) is 11.8 Å². The van der Waals surface area contributed by atoms with Gasteiger partial charge in [0.05, 0.1) is 11.1 Å². The second-order valence-corrected chi connectivity index (χ2v) is 4.42. The van der Waals surface area contributed by atoms with Crippen molar-refractivity contribution in [1.29, 1.82) is 0 Å². The number of halogens is 3. The molecule has 0 radical (unpaired) electrons. The third-order valence-electron chi connectivity index (χ3n) is 3.01. The lowest BCUT2D eigenvalue weighted by Crippen LogP contribution is -2.48. The van der Waals surface area contributed by atoms with Crippen LogP contribution in [0.5, 0.6) is 0 Å². The van der Waals surface area contributed by atoms with Crippen LogP contribution in [0.1, 0.15) is 28.8 Å². The van der Waals surface area contributed by atoms with Gasteiger partial charge in [-0.15, -0.1) is 0 Å². The number of carbonyl (C=O) groups is 1. The van der Waals surface area contributed by atoms with Gasteiger partial charge in [0.25, 0.3) is 5.91 Å². The van der Waals surface area contributed by atoms with Gasteiger partial charge >= 0.3 is 6.18 Å². The molecule has 0 aliphatic heterocycles. The van der Waals surface area contributed by atoms with Crippen LogP contribution >= 0.6 is 0 Å². The zero-order valence-electron chi connectivity index (χ0n) is 10.3. The minimum absolute atomic E-state index is 0.0106. The van der Waals surface area contributed by atoms with Gasteiger partial charge in [-0.05, 0) is 18.9 Å². The summed E-state index contributed by atoms with van der Waals surface area (Å²) in [6.45, 7) is -0.414. The summed E-state index contributed by atoms with van der Waals surface area (Å²) in [5.74, 6) is 3.97. The normalized spacial score (nSPS) is 16.0. The Hall–Kier alpha value is -2.07. The van der Waals surface area contributed by atoms with Crippen molar-refractivity contribution in [3.63, 3.8) is 0 Å². The van der Waals surface area contributed by atoms with Gasteiger partial charge in [0.1, 0.15) is 12.1 Å². The number of nitrogens with zero attached hydrogens (tertiary/aromatic N) is 1. The van der Waals surface area contributed by atoms with Gasteiger partial charge in [0.15, 0.2) is 0 Å². The smallest absolute Gasteiger partial charge is 0.384 e. The van der Waals surface area contributed by atoms with Crippen LogP contribution in [-0.4, -0.2) is 34.3 Å². The fourth-order valence-corrected chi connectivity index (χ4v) is 1.72. The Labute approximate surface area is 113 Å². The highest BCUT2D eigenvalue weighted by Gasteiger charge is 2.64. The highest BCUT2D eigenvalue weighted by atomic mass is 19.4. The summed E-state index contributed by atoms with van der Waals surface area (Å²) in [4.78, 5) is 15.7. The monoisotopic (exact) mass is 284 g/mol. The van der Waals surface area contributed by atoms with Crippen molar-refractivity contribution >= 4 is 5.91 Å². The van der Waals surface area contributed by atoms with Crippen molar-refractivity contribution in [2.45, 2.75) is 24.6 Å². The zero-order valence-corrected chi connectivity index (χ0v) is 10.3. The van der Waals surface area contributed by atoms with E-state index in [-0.39, 0.29) is 24.0 Å². The molecule has 1 aliphatic carbocycles. The largest absolute Gasteiger partial charge is 0.411 e. The number of pyridine rings is 1. The van der Waals surface area contributed by atoms with Gasteiger partial charge in [0, 0.05) is 12.4 Å². The lowest BCUT2D eigenvalue weighted by molar-refractivity contribution is -0.163. The molecule has 0 spiro atoms. The van der Waals surface area contributed by atoms with Crippen LogP contribution in [-0.2, 0) is 0 Å². The second kappa shape index (κ2) is 5.13. The molecule has 7 heteroatoms. The lowest BCUT2D eigenvalue weighted by atomic mass is 10.1. The van der Waals surface area contributed by atoms with Crippen LogP contribution in [0.2, 0.25) is 0 Å². The summed E-state index contributed by atoms with van der Waals surface area (Å²) in [5.41, 5.74) is -1.93. The maximum atomic E-state index is 12.8. The van der Waals surface area contributed by atoms with E-state index in [0.29, 0.717) is 0 Å². The number of aromatic nitrogens is 1. The highest BCUT2D eigenvalue weighted by molar-refractivity contribution is 5.97. The van der Waals surface area contributed by atoms with Gasteiger partial charge in [-0.2, -0.15) is 13.2 Å². The first-order valence-corrected chi connectivity index (χ1v) is 5.83. The summed E-state index contributed by atoms with van der Waals surface area (Å²) < 4.78 is 38.4. The Morgan fingerprint density at radius 3 is 2.75 bits per heavy atom. The van der Waals surface area contributed by atoms with E-state index >= 15 is 0 Å². The minimum atomic E-state index is -4.47. The van der Waals surface area contributed by atoms with Gasteiger partial charge in [-0.3, -0.25) is 9.78 Å². The van der Waals surface area contributed by atoms with E-state index in [1.54, 1.807) is 0 Å². The van der Waals surface area contributed by atoms with Crippen LogP contribution in [0, 0.1) is 11.8 Å². The minimum Gasteiger partial charge on any atom is -0.384 e. The maximum absolute atomic E-state index is 12.8. The van der Waals surface area contributed by atoms with Crippen molar-refractivity contribution in [2.24, 2.45) is 0 Å². The van der Waals surface area contributed by atoms with Gasteiger partial charge in [-0.25, -0.2) is 0 Å². The van der Waals surface area contributed by atoms with E-state index in [4.69, 9.17) is 5.11 Å². The molecule has 0 unspecified atom stereocenters. The number of alkyl halides is 3. The Balaban J connectivity index is 2.23. The number of aliphatic hydroxyl groups excluding tert-OH is 1. The summed E-state index contributed by atoms with van der Waals surface area (Å²) in [7, 11) is 0. The number of carbonyl (C=O) groups excluding carboxylic acids is 1. The van der Waals surface area contributed by atoms with Crippen LogP contribution in [0.15, 0.2) is 18.5 Å². The van der Waals surface area contributed by atoms with Gasteiger partial charge < -0.3 is 10.4 Å². The van der Waals surface area contributed by atoms with E-state index in [0.717, 1.165) is 0 Å². The topological polar surface area (TPSA) is 62.2 Å². The second-order valence-electron chi connectivity index (χ2n) is 4.42. The first-order valence-electron chi connectivity index (χ1n) is 5.83. The third kappa shape index (κ3) is 2.75. The number of nitrogens with one attached hydrogen (secondary N) is 1. The Morgan fingerprint density at radius 1 is 1.50 bits per heavy atom. The predicted octanol–water partition coefficient (Wildman–Crippen LogP) is 1.25. The van der Waals surface area contributed by atoms with Crippen LogP contribution < -0.4 is 5.32 Å². The molecule has 0 saturated heterocycles. The number of hydrogen-bond acceptors (Lipinski definition) is 3. The molecule has 1 fully saturated rings. The number of hydrogen-bond donors (Lipinski definition) is 2. The number of rotatable bonds is 2. The summed E-state index contributed by atoms with van der Waals surface area (Å²) >= 11 is 0. The summed E-state index contributed by atoms with van der Waals surface area (Å²) in [6, 6.07) is 1.29. The molecule has 20 heavy (non-hydrogen) atoms. The molecule has 2 rings (SSSR count). The van der Waals surface area contributed by atoms with Crippen molar-refractivity contribution in [3.8, 4) is 11.8 Å². The van der Waals surface area contributed by atoms with Crippen molar-refractivity contribution in [1.82, 2.24) is 10.3 Å². The van der Waals surface area contributed by atoms with Crippen LogP contribution in [0.25, 0.3) is 0 Å². The van der Waals surface area contributed by atoms with Gasteiger partial charge in [0.2, 0.25) is 0 Å². The molecule has 0 bridgehead atoms. The van der Waals surface area contributed by atoms with E-state index < -0.39 is 24.2 Å². The zero-order chi connectivity index (χ0) is 14.8. The molecule has 1 aromatic rings.